The molecule has 4 nitrogen and oxygen atoms in total. The van der Waals surface area contributed by atoms with Crippen molar-refractivity contribution in [3.63, 3.8) is 0 Å². The first-order valence-electron chi connectivity index (χ1n) is 8.20. The number of amides is 1. The molecule has 2 aromatic carbocycles. The fraction of sp³-hybridized carbons (Fsp3) is 0.100. The van der Waals surface area contributed by atoms with E-state index in [0.717, 1.165) is 21.4 Å². The van der Waals surface area contributed by atoms with Gasteiger partial charge in [-0.3, -0.25) is 4.79 Å². The SMILES string of the molecule is O=C(CSCc1cccc(Br)c1)NN=Cc1ccc(-c2ccc(Cl)cc2Cl)o1. The molecular weight excluding hydrogens is 483 g/mol. The van der Waals surface area contributed by atoms with Gasteiger partial charge in [0.05, 0.1) is 17.0 Å². The van der Waals surface area contributed by atoms with E-state index in [1.807, 2.05) is 24.3 Å². The third-order valence-electron chi connectivity index (χ3n) is 3.60. The van der Waals surface area contributed by atoms with E-state index in [9.17, 15) is 4.79 Å². The van der Waals surface area contributed by atoms with E-state index in [1.54, 1.807) is 30.3 Å². The van der Waals surface area contributed by atoms with Gasteiger partial charge in [-0.15, -0.1) is 11.8 Å². The molecule has 1 N–H and O–H groups in total. The minimum absolute atomic E-state index is 0.177. The van der Waals surface area contributed by atoms with Crippen LogP contribution in [0.1, 0.15) is 11.3 Å². The predicted octanol–water partition coefficient (Wildman–Crippen LogP) is 6.40. The molecule has 0 saturated heterocycles. The van der Waals surface area contributed by atoms with Gasteiger partial charge in [0, 0.05) is 20.8 Å². The zero-order valence-corrected chi connectivity index (χ0v) is 18.4. The van der Waals surface area contributed by atoms with Gasteiger partial charge in [0.25, 0.3) is 0 Å². The number of carbonyl (C=O) groups is 1. The van der Waals surface area contributed by atoms with Crippen LogP contribution in [0.2, 0.25) is 10.0 Å². The summed E-state index contributed by atoms with van der Waals surface area (Å²) in [5, 5.41) is 4.99. The first-order valence-corrected chi connectivity index (χ1v) is 10.9. The molecule has 28 heavy (non-hydrogen) atoms. The van der Waals surface area contributed by atoms with Crippen LogP contribution in [-0.4, -0.2) is 17.9 Å². The molecule has 0 unspecified atom stereocenters. The van der Waals surface area contributed by atoms with Crippen molar-refractivity contribution < 1.29 is 9.21 Å². The Hall–Kier alpha value is -1.73. The molecule has 0 spiro atoms. The van der Waals surface area contributed by atoms with E-state index < -0.39 is 0 Å². The Morgan fingerprint density at radius 2 is 2.04 bits per heavy atom. The minimum Gasteiger partial charge on any atom is -0.455 e. The number of hydrogen-bond acceptors (Lipinski definition) is 4. The van der Waals surface area contributed by atoms with Crippen LogP contribution in [0.25, 0.3) is 11.3 Å². The molecule has 0 aliphatic heterocycles. The van der Waals surface area contributed by atoms with E-state index in [-0.39, 0.29) is 5.91 Å². The highest BCUT2D eigenvalue weighted by Gasteiger charge is 2.08. The van der Waals surface area contributed by atoms with Crippen molar-refractivity contribution in [2.24, 2.45) is 5.10 Å². The summed E-state index contributed by atoms with van der Waals surface area (Å²) in [6, 6.07) is 16.7. The number of thioether (sulfide) groups is 1. The third kappa shape index (κ3) is 6.14. The fourth-order valence-electron chi connectivity index (χ4n) is 2.34. The minimum atomic E-state index is -0.177. The van der Waals surface area contributed by atoms with Crippen molar-refractivity contribution in [2.75, 3.05) is 5.75 Å². The average molecular weight is 498 g/mol. The highest BCUT2D eigenvalue weighted by molar-refractivity contribution is 9.10. The van der Waals surface area contributed by atoms with E-state index in [4.69, 9.17) is 27.6 Å². The smallest absolute Gasteiger partial charge is 0.250 e. The van der Waals surface area contributed by atoms with E-state index in [1.165, 1.54) is 18.0 Å². The predicted molar refractivity (Wildman–Crippen MR) is 120 cm³/mol. The summed E-state index contributed by atoms with van der Waals surface area (Å²) in [6.45, 7) is 0. The maximum Gasteiger partial charge on any atom is 0.250 e. The van der Waals surface area contributed by atoms with Crippen molar-refractivity contribution in [3.05, 3.63) is 80.4 Å². The highest BCUT2D eigenvalue weighted by Crippen LogP contribution is 2.31. The van der Waals surface area contributed by atoms with Gasteiger partial charge >= 0.3 is 0 Å². The Kier molecular flexibility index (Phi) is 7.62. The first kappa shape index (κ1) is 21.0. The number of nitrogens with one attached hydrogen (secondary N) is 1. The van der Waals surface area contributed by atoms with Crippen LogP contribution in [-0.2, 0) is 10.5 Å². The second-order valence-electron chi connectivity index (χ2n) is 5.74. The lowest BCUT2D eigenvalue weighted by Crippen LogP contribution is -2.19. The van der Waals surface area contributed by atoms with Gasteiger partial charge < -0.3 is 4.42 Å². The zero-order chi connectivity index (χ0) is 19.9. The molecule has 3 aromatic rings. The number of rotatable bonds is 7. The lowest BCUT2D eigenvalue weighted by molar-refractivity contribution is -0.118. The molecule has 1 amide bonds. The monoisotopic (exact) mass is 496 g/mol. The third-order valence-corrected chi connectivity index (χ3v) is 5.64. The molecule has 0 aliphatic rings. The topological polar surface area (TPSA) is 54.6 Å². The van der Waals surface area contributed by atoms with Gasteiger partial charge in [0.1, 0.15) is 11.5 Å². The van der Waals surface area contributed by atoms with E-state index >= 15 is 0 Å². The molecule has 1 heterocycles. The quantitative estimate of drug-likeness (QED) is 0.303. The molecule has 0 radical (unpaired) electrons. The normalized spacial score (nSPS) is 11.1. The summed E-state index contributed by atoms with van der Waals surface area (Å²) in [4.78, 5) is 11.9. The number of carbonyl (C=O) groups excluding carboxylic acids is 1. The molecule has 3 rings (SSSR count). The van der Waals surface area contributed by atoms with Gasteiger partial charge in [0.2, 0.25) is 5.91 Å². The van der Waals surface area contributed by atoms with Crippen LogP contribution in [0, 0.1) is 0 Å². The molecule has 0 aliphatic carbocycles. The number of hydrazone groups is 1. The lowest BCUT2D eigenvalue weighted by atomic mass is 10.2. The van der Waals surface area contributed by atoms with Crippen LogP contribution >= 0.6 is 50.9 Å². The number of benzene rings is 2. The largest absolute Gasteiger partial charge is 0.455 e. The first-order chi connectivity index (χ1) is 13.5. The molecular formula is C20H15BrCl2N2O2S. The Morgan fingerprint density at radius 3 is 2.82 bits per heavy atom. The van der Waals surface area contributed by atoms with E-state index in [0.29, 0.717) is 27.3 Å². The van der Waals surface area contributed by atoms with Crippen molar-refractivity contribution in [3.8, 4) is 11.3 Å². The van der Waals surface area contributed by atoms with E-state index in [2.05, 4.69) is 26.5 Å². The maximum atomic E-state index is 11.9. The fourth-order valence-corrected chi connectivity index (χ4v) is 4.06. The second kappa shape index (κ2) is 10.2. The summed E-state index contributed by atoms with van der Waals surface area (Å²) < 4.78 is 6.71. The summed E-state index contributed by atoms with van der Waals surface area (Å²) in [7, 11) is 0. The van der Waals surface area contributed by atoms with Crippen molar-refractivity contribution in [2.45, 2.75) is 5.75 Å². The second-order valence-corrected chi connectivity index (χ2v) is 8.49. The maximum absolute atomic E-state index is 11.9. The lowest BCUT2D eigenvalue weighted by Gasteiger charge is -2.02. The Bertz CT molecular complexity index is 1010. The Balaban J connectivity index is 1.48. The molecule has 1 aromatic heterocycles. The van der Waals surface area contributed by atoms with Gasteiger partial charge in [-0.2, -0.15) is 5.10 Å². The number of furan rings is 1. The molecule has 8 heteroatoms. The zero-order valence-electron chi connectivity index (χ0n) is 14.5. The molecule has 0 atom stereocenters. The van der Waals surface area contributed by atoms with Crippen LogP contribution in [0.4, 0.5) is 0 Å². The van der Waals surface area contributed by atoms with Gasteiger partial charge in [-0.1, -0.05) is 51.3 Å². The van der Waals surface area contributed by atoms with Gasteiger partial charge in [-0.25, -0.2) is 5.43 Å². The molecule has 0 fully saturated rings. The van der Waals surface area contributed by atoms with Crippen LogP contribution in [0.3, 0.4) is 0 Å². The highest BCUT2D eigenvalue weighted by atomic mass is 79.9. The summed E-state index contributed by atoms with van der Waals surface area (Å²) in [5.41, 5.74) is 4.38. The summed E-state index contributed by atoms with van der Waals surface area (Å²) >= 11 is 17.0. The van der Waals surface area contributed by atoms with Gasteiger partial charge in [-0.05, 0) is 48.0 Å². The molecule has 0 bridgehead atoms. The number of nitrogens with zero attached hydrogens (tertiary/aromatic N) is 1. The van der Waals surface area contributed by atoms with Crippen molar-refractivity contribution in [1.29, 1.82) is 0 Å². The molecule has 144 valence electrons. The Labute approximate surface area is 185 Å². The summed E-state index contributed by atoms with van der Waals surface area (Å²) in [6.07, 6.45) is 1.45. The van der Waals surface area contributed by atoms with Crippen LogP contribution < -0.4 is 5.43 Å². The standard InChI is InChI=1S/C20H15BrCl2N2O2S/c21-14-3-1-2-13(8-14)11-28-12-20(26)25-24-10-16-5-7-19(27-16)17-6-4-15(22)9-18(17)23/h1-10H,11-12H2,(H,25,26). The van der Waals surface area contributed by atoms with Crippen LogP contribution in [0.5, 0.6) is 0 Å². The van der Waals surface area contributed by atoms with Gasteiger partial charge in [0.15, 0.2) is 0 Å². The average Bonchev–Trinajstić information content (AvgIpc) is 3.10. The van der Waals surface area contributed by atoms with Crippen LogP contribution in [0.15, 0.2) is 68.6 Å². The number of hydrogen-bond donors (Lipinski definition) is 1. The Morgan fingerprint density at radius 1 is 1.18 bits per heavy atom. The summed E-state index contributed by atoms with van der Waals surface area (Å²) in [5.74, 6) is 1.99. The van der Waals surface area contributed by atoms with Crippen molar-refractivity contribution >= 4 is 63.0 Å². The van der Waals surface area contributed by atoms with Crippen molar-refractivity contribution in [1.82, 2.24) is 5.43 Å². The number of halogens is 3. The molecule has 0 saturated carbocycles.